The van der Waals surface area contributed by atoms with E-state index in [1.54, 1.807) is 0 Å². The fraction of sp³-hybridized carbons (Fsp3) is 0.963. The number of carbonyl (C=O) groups is 1. The second-order valence-corrected chi connectivity index (χ2v) is 12.3. The van der Waals surface area contributed by atoms with Gasteiger partial charge in [-0.1, -0.05) is 62.9 Å². The molecule has 1 saturated carbocycles. The zero-order valence-electron chi connectivity index (χ0n) is 22.7. The van der Waals surface area contributed by atoms with E-state index in [9.17, 15) is 14.5 Å². The molecule has 1 fully saturated rings. The lowest BCUT2D eigenvalue weighted by Gasteiger charge is -2.27. The molecule has 4 unspecified atom stereocenters. The Labute approximate surface area is 225 Å². The number of carboxylic acid groups (broad SMARTS) is 1. The van der Waals surface area contributed by atoms with Crippen LogP contribution in [0.25, 0.3) is 0 Å². The highest BCUT2D eigenvalue weighted by molar-refractivity contribution is 7.99. The van der Waals surface area contributed by atoms with Gasteiger partial charge in [-0.15, -0.1) is 0 Å². The van der Waals surface area contributed by atoms with E-state index in [1.165, 1.54) is 88.6 Å². The van der Waals surface area contributed by atoms with Crippen molar-refractivity contribution in [2.24, 2.45) is 0 Å². The molecule has 0 aliphatic heterocycles. The van der Waals surface area contributed by atoms with Crippen molar-refractivity contribution >= 4 is 26.2 Å². The van der Waals surface area contributed by atoms with Gasteiger partial charge in [-0.3, -0.25) is 0 Å². The number of carboxylic acids is 1. The van der Waals surface area contributed by atoms with E-state index in [-0.39, 0.29) is 12.7 Å². The summed E-state index contributed by atoms with van der Waals surface area (Å²) in [5.41, 5.74) is 0. The van der Waals surface area contributed by atoms with Crippen LogP contribution < -0.4 is 0 Å². The maximum absolute atomic E-state index is 10.8. The smallest absolute Gasteiger partial charge is 0.390 e. The van der Waals surface area contributed by atoms with Crippen molar-refractivity contribution in [3.63, 3.8) is 0 Å². The number of thioether (sulfide) groups is 1. The second-order valence-electron chi connectivity index (χ2n) is 10.1. The molecular formula is C27H52O7PS+. The molecule has 0 aromatic carbocycles. The molecule has 1 aliphatic carbocycles. The van der Waals surface area contributed by atoms with E-state index in [0.717, 1.165) is 12.8 Å². The monoisotopic (exact) mass is 551 g/mol. The number of hydrogen-bond donors (Lipinski definition) is 2. The van der Waals surface area contributed by atoms with Crippen LogP contribution in [0.1, 0.15) is 110 Å². The molecule has 0 aromatic rings. The third kappa shape index (κ3) is 16.6. The van der Waals surface area contributed by atoms with E-state index in [4.69, 9.17) is 19.3 Å². The first-order valence-electron chi connectivity index (χ1n) is 14.2. The van der Waals surface area contributed by atoms with Gasteiger partial charge in [-0.05, 0) is 63.4 Å². The zero-order chi connectivity index (χ0) is 26.5. The van der Waals surface area contributed by atoms with Gasteiger partial charge in [0.05, 0.1) is 18.3 Å². The van der Waals surface area contributed by atoms with Crippen molar-refractivity contribution in [2.45, 2.75) is 134 Å². The van der Waals surface area contributed by atoms with E-state index < -0.39 is 26.4 Å². The SMILES string of the molecule is CCC(CCSCCCCCCCCC(C)OCCCOCC(O)([PH+]=O)C(=O)O)OC1CCCCC1. The van der Waals surface area contributed by atoms with Crippen LogP contribution in [0.3, 0.4) is 0 Å². The second kappa shape index (κ2) is 21.7. The standard InChI is InChI=1S/C27H51O7PS/c1-3-24(34-25-15-10-8-11-16-25)17-21-36-20-12-7-5-4-6-9-14-23(2)33-19-13-18-32-22-27(30,35-31)26(28)29/h23-25,30H,3-22H2,1-2H3,(H,28,29)/p+1. The quantitative estimate of drug-likeness (QED) is 0.102. The molecule has 2 N–H and O–H groups in total. The van der Waals surface area contributed by atoms with E-state index in [1.807, 2.05) is 0 Å². The summed E-state index contributed by atoms with van der Waals surface area (Å²) in [5.74, 6) is 0.956. The van der Waals surface area contributed by atoms with E-state index in [2.05, 4.69) is 25.6 Å². The molecule has 4 atom stereocenters. The van der Waals surface area contributed by atoms with Gasteiger partial charge in [-0.2, -0.15) is 11.8 Å². The fourth-order valence-electron chi connectivity index (χ4n) is 4.39. The predicted molar refractivity (Wildman–Crippen MR) is 149 cm³/mol. The summed E-state index contributed by atoms with van der Waals surface area (Å²) in [7, 11) is -1.37. The first kappa shape index (κ1) is 33.8. The Balaban J connectivity index is 1.86. The van der Waals surface area contributed by atoms with Crippen LogP contribution in [-0.2, 0) is 23.6 Å². The van der Waals surface area contributed by atoms with Crippen molar-refractivity contribution < 1.29 is 33.8 Å². The number of hydrogen-bond acceptors (Lipinski definition) is 7. The summed E-state index contributed by atoms with van der Waals surface area (Å²) in [4.78, 5) is 10.8. The fourth-order valence-corrected chi connectivity index (χ4v) is 5.68. The number of rotatable bonds is 24. The van der Waals surface area contributed by atoms with Crippen molar-refractivity contribution in [3.8, 4) is 0 Å². The highest BCUT2D eigenvalue weighted by Crippen LogP contribution is 2.24. The molecular weight excluding hydrogens is 499 g/mol. The van der Waals surface area contributed by atoms with Crippen molar-refractivity contribution in [2.75, 3.05) is 31.3 Å². The first-order valence-corrected chi connectivity index (χ1v) is 16.2. The minimum atomic E-state index is -2.31. The minimum absolute atomic E-state index is 0.189. The molecule has 0 amide bonds. The van der Waals surface area contributed by atoms with E-state index in [0.29, 0.717) is 25.2 Å². The van der Waals surface area contributed by atoms with Gasteiger partial charge in [0.2, 0.25) is 0 Å². The lowest BCUT2D eigenvalue weighted by Crippen LogP contribution is -2.37. The van der Waals surface area contributed by atoms with Crippen LogP contribution in [0.5, 0.6) is 0 Å². The molecule has 9 heteroatoms. The number of aliphatic hydroxyl groups is 1. The Morgan fingerprint density at radius 2 is 1.69 bits per heavy atom. The average molecular weight is 552 g/mol. The van der Waals surface area contributed by atoms with Gasteiger partial charge in [0.1, 0.15) is 6.61 Å². The molecule has 0 radical (unpaired) electrons. The molecule has 0 aromatic heterocycles. The summed E-state index contributed by atoms with van der Waals surface area (Å²) < 4.78 is 28.0. The zero-order valence-corrected chi connectivity index (χ0v) is 24.5. The lowest BCUT2D eigenvalue weighted by atomic mass is 9.97. The van der Waals surface area contributed by atoms with Gasteiger partial charge in [0.25, 0.3) is 0 Å². The number of unbranched alkanes of at least 4 members (excludes halogenated alkanes) is 5. The van der Waals surface area contributed by atoms with Crippen molar-refractivity contribution in [1.29, 1.82) is 0 Å². The first-order chi connectivity index (χ1) is 17.4. The normalized spacial score (nSPS) is 18.2. The number of aliphatic carboxylic acids is 1. The third-order valence-corrected chi connectivity index (χ3v) is 8.59. The highest BCUT2D eigenvalue weighted by Gasteiger charge is 2.46. The van der Waals surface area contributed by atoms with Crippen molar-refractivity contribution in [1.82, 2.24) is 0 Å². The van der Waals surface area contributed by atoms with Crippen LogP contribution in [0.15, 0.2) is 0 Å². The number of ether oxygens (including phenoxy) is 3. The lowest BCUT2D eigenvalue weighted by molar-refractivity contribution is -0.154. The van der Waals surface area contributed by atoms with Gasteiger partial charge in [0.15, 0.2) is 0 Å². The van der Waals surface area contributed by atoms with Crippen LogP contribution >= 0.6 is 20.2 Å². The van der Waals surface area contributed by atoms with Crippen LogP contribution in [0.4, 0.5) is 0 Å². The molecule has 7 nitrogen and oxygen atoms in total. The van der Waals surface area contributed by atoms with Crippen LogP contribution in [-0.4, -0.2) is 71.2 Å². The largest absolute Gasteiger partial charge is 0.476 e. The maximum Gasteiger partial charge on any atom is 0.390 e. The Hall–Kier alpha value is -0.240. The van der Waals surface area contributed by atoms with Gasteiger partial charge in [0, 0.05) is 13.2 Å². The third-order valence-electron chi connectivity index (χ3n) is 6.79. The summed E-state index contributed by atoms with van der Waals surface area (Å²) in [6.07, 6.45) is 19.4. The summed E-state index contributed by atoms with van der Waals surface area (Å²) in [5, 5.41) is 16.1. The van der Waals surface area contributed by atoms with Gasteiger partial charge in [-0.25, -0.2) is 4.79 Å². The maximum atomic E-state index is 10.8. The molecule has 0 bridgehead atoms. The Morgan fingerprint density at radius 1 is 1.00 bits per heavy atom. The van der Waals surface area contributed by atoms with Gasteiger partial charge >= 0.3 is 19.8 Å². The predicted octanol–water partition coefficient (Wildman–Crippen LogP) is 6.58. The minimum Gasteiger partial charge on any atom is -0.476 e. The molecule has 1 aliphatic rings. The van der Waals surface area contributed by atoms with E-state index >= 15 is 0 Å². The Morgan fingerprint density at radius 3 is 2.36 bits per heavy atom. The summed E-state index contributed by atoms with van der Waals surface area (Å²) in [6.45, 7) is 4.64. The molecule has 0 saturated heterocycles. The average Bonchev–Trinajstić information content (AvgIpc) is 2.88. The Bertz CT molecular complexity index is 562. The summed E-state index contributed by atoms with van der Waals surface area (Å²) in [6, 6.07) is 0. The van der Waals surface area contributed by atoms with Crippen LogP contribution in [0.2, 0.25) is 0 Å². The molecule has 212 valence electrons. The van der Waals surface area contributed by atoms with Crippen LogP contribution in [0, 0.1) is 0 Å². The topological polar surface area (TPSA) is 102 Å². The van der Waals surface area contributed by atoms with Crippen molar-refractivity contribution in [3.05, 3.63) is 0 Å². The molecule has 36 heavy (non-hydrogen) atoms. The summed E-state index contributed by atoms with van der Waals surface area (Å²) >= 11 is 2.09. The molecule has 0 spiro atoms. The Kier molecular flexibility index (Phi) is 20.3. The highest BCUT2D eigenvalue weighted by atomic mass is 32.2. The van der Waals surface area contributed by atoms with Gasteiger partial charge < -0.3 is 24.4 Å². The molecule has 1 rings (SSSR count). The molecule has 0 heterocycles.